The Kier molecular flexibility index (Phi) is 7.09. The minimum Gasteiger partial charge on any atom is -0.491 e. The molecule has 0 bridgehead atoms. The highest BCUT2D eigenvalue weighted by Crippen LogP contribution is 2.27. The van der Waals surface area contributed by atoms with Crippen LogP contribution in [0.4, 0.5) is 11.4 Å². The molecule has 1 amide bonds. The number of nitro groups is 1. The SMILES string of the molecule is CCC(C)Oc1cccc(C(=O)NC(=S)Nc2ccc(Cl)cc2[N+](=O)[O-])c1. The zero-order valence-corrected chi connectivity index (χ0v) is 16.3. The first-order valence-corrected chi connectivity index (χ1v) is 8.91. The van der Waals surface area contributed by atoms with Crippen molar-refractivity contribution in [2.45, 2.75) is 26.4 Å². The van der Waals surface area contributed by atoms with E-state index in [1.54, 1.807) is 24.3 Å². The van der Waals surface area contributed by atoms with Gasteiger partial charge >= 0.3 is 0 Å². The minimum absolute atomic E-state index is 0.0245. The molecule has 7 nitrogen and oxygen atoms in total. The average Bonchev–Trinajstić information content (AvgIpc) is 2.63. The van der Waals surface area contributed by atoms with Gasteiger partial charge in [-0.3, -0.25) is 20.2 Å². The number of thiocarbonyl (C=S) groups is 1. The highest BCUT2D eigenvalue weighted by atomic mass is 35.5. The lowest BCUT2D eigenvalue weighted by molar-refractivity contribution is -0.383. The Labute approximate surface area is 166 Å². The van der Waals surface area contributed by atoms with Gasteiger partial charge in [0.2, 0.25) is 0 Å². The number of ether oxygens (including phenoxy) is 1. The number of carbonyl (C=O) groups excluding carboxylic acids is 1. The van der Waals surface area contributed by atoms with Crippen LogP contribution in [0.3, 0.4) is 0 Å². The van der Waals surface area contributed by atoms with Crippen LogP contribution in [0.2, 0.25) is 5.02 Å². The van der Waals surface area contributed by atoms with Crippen LogP contribution in [-0.2, 0) is 0 Å². The van der Waals surface area contributed by atoms with E-state index < -0.39 is 10.8 Å². The normalized spacial score (nSPS) is 11.4. The first kappa shape index (κ1) is 20.6. The number of halogens is 1. The Morgan fingerprint density at radius 3 is 2.74 bits per heavy atom. The van der Waals surface area contributed by atoms with Crippen LogP contribution in [0.15, 0.2) is 42.5 Å². The van der Waals surface area contributed by atoms with E-state index in [1.807, 2.05) is 13.8 Å². The molecule has 2 aromatic carbocycles. The molecule has 0 heterocycles. The molecule has 1 unspecified atom stereocenters. The third-order valence-corrected chi connectivity index (χ3v) is 4.08. The predicted molar refractivity (Wildman–Crippen MR) is 109 cm³/mol. The molecule has 1 atom stereocenters. The minimum atomic E-state index is -0.589. The van der Waals surface area contributed by atoms with Gasteiger partial charge in [-0.15, -0.1) is 0 Å². The zero-order chi connectivity index (χ0) is 20.0. The molecular formula is C18H18ClN3O4S. The van der Waals surface area contributed by atoms with Gasteiger partial charge in [-0.2, -0.15) is 0 Å². The van der Waals surface area contributed by atoms with E-state index in [0.29, 0.717) is 11.3 Å². The molecule has 0 fully saturated rings. The molecule has 0 aromatic heterocycles. The fourth-order valence-electron chi connectivity index (χ4n) is 2.12. The Balaban J connectivity index is 2.07. The number of amides is 1. The highest BCUT2D eigenvalue weighted by molar-refractivity contribution is 7.80. The number of nitro benzene ring substituents is 1. The molecule has 0 radical (unpaired) electrons. The summed E-state index contributed by atoms with van der Waals surface area (Å²) in [6, 6.07) is 10.8. The van der Waals surface area contributed by atoms with Gasteiger partial charge < -0.3 is 10.1 Å². The molecule has 0 spiro atoms. The maximum absolute atomic E-state index is 12.4. The molecule has 0 saturated carbocycles. The second-order valence-electron chi connectivity index (χ2n) is 5.69. The Bertz CT molecular complexity index is 875. The summed E-state index contributed by atoms with van der Waals surface area (Å²) in [4.78, 5) is 22.9. The van der Waals surface area contributed by atoms with Crippen molar-refractivity contribution >= 4 is 46.2 Å². The maximum atomic E-state index is 12.4. The molecule has 0 aliphatic rings. The number of nitrogens with one attached hydrogen (secondary N) is 2. The van der Waals surface area contributed by atoms with E-state index in [4.69, 9.17) is 28.6 Å². The van der Waals surface area contributed by atoms with Gasteiger partial charge in [0.25, 0.3) is 11.6 Å². The molecular weight excluding hydrogens is 390 g/mol. The number of rotatable bonds is 6. The predicted octanol–water partition coefficient (Wildman–Crippen LogP) is 4.55. The Morgan fingerprint density at radius 1 is 1.33 bits per heavy atom. The first-order chi connectivity index (χ1) is 12.8. The van der Waals surface area contributed by atoms with Crippen LogP contribution in [0.5, 0.6) is 5.75 Å². The number of carbonyl (C=O) groups is 1. The summed E-state index contributed by atoms with van der Waals surface area (Å²) < 4.78 is 5.69. The van der Waals surface area contributed by atoms with E-state index in [1.165, 1.54) is 18.2 Å². The summed E-state index contributed by atoms with van der Waals surface area (Å²) in [6.07, 6.45) is 0.862. The molecule has 2 rings (SSSR count). The number of hydrogen-bond donors (Lipinski definition) is 2. The third kappa shape index (κ3) is 5.90. The maximum Gasteiger partial charge on any atom is 0.294 e. The van der Waals surface area contributed by atoms with Crippen molar-refractivity contribution < 1.29 is 14.5 Å². The lowest BCUT2D eigenvalue weighted by atomic mass is 10.2. The van der Waals surface area contributed by atoms with Crippen molar-refractivity contribution in [2.24, 2.45) is 0 Å². The van der Waals surface area contributed by atoms with Crippen LogP contribution < -0.4 is 15.4 Å². The summed E-state index contributed by atoms with van der Waals surface area (Å²) in [6.45, 7) is 3.94. The second-order valence-corrected chi connectivity index (χ2v) is 6.54. The molecule has 0 aliphatic carbocycles. The van der Waals surface area contributed by atoms with E-state index in [2.05, 4.69) is 10.6 Å². The van der Waals surface area contributed by atoms with E-state index >= 15 is 0 Å². The van der Waals surface area contributed by atoms with Crippen LogP contribution in [0.1, 0.15) is 30.6 Å². The summed E-state index contributed by atoms with van der Waals surface area (Å²) in [7, 11) is 0. The van der Waals surface area contributed by atoms with E-state index in [0.717, 1.165) is 6.42 Å². The van der Waals surface area contributed by atoms with E-state index in [9.17, 15) is 14.9 Å². The van der Waals surface area contributed by atoms with Crippen molar-refractivity contribution in [1.29, 1.82) is 0 Å². The molecule has 27 heavy (non-hydrogen) atoms. The van der Waals surface area contributed by atoms with Crippen molar-refractivity contribution in [3.05, 3.63) is 63.2 Å². The quantitative estimate of drug-likeness (QED) is 0.414. The Morgan fingerprint density at radius 2 is 2.07 bits per heavy atom. The summed E-state index contributed by atoms with van der Waals surface area (Å²) in [5.74, 6) is 0.114. The van der Waals surface area contributed by atoms with Crippen LogP contribution in [-0.4, -0.2) is 22.0 Å². The van der Waals surface area contributed by atoms with Crippen molar-refractivity contribution in [2.75, 3.05) is 5.32 Å². The molecule has 9 heteroatoms. The van der Waals surface area contributed by atoms with Gasteiger partial charge in [0.05, 0.1) is 11.0 Å². The van der Waals surface area contributed by atoms with Gasteiger partial charge in [-0.1, -0.05) is 24.6 Å². The number of benzene rings is 2. The largest absolute Gasteiger partial charge is 0.491 e. The highest BCUT2D eigenvalue weighted by Gasteiger charge is 2.16. The Hall–Kier alpha value is -2.71. The van der Waals surface area contributed by atoms with E-state index in [-0.39, 0.29) is 27.6 Å². The summed E-state index contributed by atoms with van der Waals surface area (Å²) >= 11 is 10.9. The number of anilines is 1. The fourth-order valence-corrected chi connectivity index (χ4v) is 2.49. The lowest BCUT2D eigenvalue weighted by Gasteiger charge is -2.14. The van der Waals surface area contributed by atoms with Gasteiger partial charge in [0.1, 0.15) is 11.4 Å². The number of nitrogens with zero attached hydrogens (tertiary/aromatic N) is 1. The molecule has 142 valence electrons. The molecule has 0 aliphatic heterocycles. The van der Waals surface area contributed by atoms with Crippen LogP contribution in [0, 0.1) is 10.1 Å². The average molecular weight is 408 g/mol. The lowest BCUT2D eigenvalue weighted by Crippen LogP contribution is -2.34. The molecule has 2 N–H and O–H groups in total. The van der Waals surface area contributed by atoms with Crippen LogP contribution >= 0.6 is 23.8 Å². The van der Waals surface area contributed by atoms with Gasteiger partial charge in [0, 0.05) is 16.7 Å². The summed E-state index contributed by atoms with van der Waals surface area (Å²) in [5, 5.41) is 16.4. The van der Waals surface area contributed by atoms with Gasteiger partial charge in [0.15, 0.2) is 5.11 Å². The molecule has 0 saturated heterocycles. The van der Waals surface area contributed by atoms with Gasteiger partial charge in [-0.25, -0.2) is 0 Å². The smallest absolute Gasteiger partial charge is 0.294 e. The monoisotopic (exact) mass is 407 g/mol. The van der Waals surface area contributed by atoms with Crippen molar-refractivity contribution in [1.82, 2.24) is 5.32 Å². The topological polar surface area (TPSA) is 93.5 Å². The summed E-state index contributed by atoms with van der Waals surface area (Å²) in [5.41, 5.74) is 0.233. The number of hydrogen-bond acceptors (Lipinski definition) is 5. The molecule has 2 aromatic rings. The second kappa shape index (κ2) is 9.29. The standard InChI is InChI=1S/C18H18ClN3O4S/c1-3-11(2)26-14-6-4-5-12(9-14)17(23)21-18(27)20-15-8-7-13(19)10-16(15)22(24)25/h4-11H,3H2,1-2H3,(H2,20,21,23,27). The first-order valence-electron chi connectivity index (χ1n) is 8.13. The van der Waals surface area contributed by atoms with Crippen molar-refractivity contribution in [3.63, 3.8) is 0 Å². The van der Waals surface area contributed by atoms with Gasteiger partial charge in [-0.05, 0) is 55.9 Å². The van der Waals surface area contributed by atoms with Crippen LogP contribution in [0.25, 0.3) is 0 Å². The van der Waals surface area contributed by atoms with Crippen molar-refractivity contribution in [3.8, 4) is 5.75 Å². The fraction of sp³-hybridized carbons (Fsp3) is 0.222. The third-order valence-electron chi connectivity index (χ3n) is 3.64. The zero-order valence-electron chi connectivity index (χ0n) is 14.7.